The number of phenols is 3. The second-order valence-electron chi connectivity index (χ2n) is 16.3. The Balaban J connectivity index is 1.12. The minimum absolute atomic E-state index is 0.0270. The molecular weight excluding hydrogens is 955 g/mol. The quantitative estimate of drug-likeness (QED) is 0.0252. The topological polar surface area (TPSA) is 190 Å². The van der Waals surface area contributed by atoms with Crippen molar-refractivity contribution < 1.29 is 37.7 Å². The Labute approximate surface area is 409 Å². The van der Waals surface area contributed by atoms with Crippen molar-refractivity contribution in [1.29, 1.82) is 0 Å². The number of carbonyl (C=O) groups is 1. The number of fused-ring (bicyclic) bond motifs is 8. The maximum atomic E-state index is 16.8. The molecule has 356 valence electrons. The van der Waals surface area contributed by atoms with Crippen molar-refractivity contribution in [2.24, 2.45) is 7.05 Å². The minimum Gasteiger partial charge on any atom is -0.508 e. The fraction of sp³-hybridized carbons (Fsp3) is 0.0962. The maximum absolute atomic E-state index is 16.8. The molecule has 0 saturated heterocycles. The lowest BCUT2D eigenvalue weighted by Crippen LogP contribution is -2.25. The normalized spacial score (nSPS) is 11.9. The van der Waals surface area contributed by atoms with Crippen LogP contribution in [0.5, 0.6) is 17.2 Å². The van der Waals surface area contributed by atoms with Gasteiger partial charge in [-0.3, -0.25) is 9.48 Å². The van der Waals surface area contributed by atoms with Gasteiger partial charge in [0.05, 0.1) is 34.5 Å². The standard InChI is InChI=1S/C52H39F4N9O4S2/c1-65-26-41(63-64-65)52(69)58-20-22-71-70-21-19-57-51-49(55)47(53)46(48(54)50(51)56)45-39-17-15-37(61-39)43(28-6-3-9-31(67)24-28)35-13-11-33(59-35)42(27-5-2-8-30(66)23-27)34-12-14-36(60-34)44(38-16-18-40(45)62-38)29-7-4-10-32(68)25-29/h2-18,23-26,57,59,62,66-68H,19-22H2,1H3,(H,58,69). The van der Waals surface area contributed by atoms with E-state index in [-0.39, 0.29) is 63.6 Å². The van der Waals surface area contributed by atoms with Crippen LogP contribution < -0.4 is 10.6 Å². The predicted octanol–water partition coefficient (Wildman–Crippen LogP) is 11.3. The number of benzene rings is 4. The molecule has 0 spiro atoms. The summed E-state index contributed by atoms with van der Waals surface area (Å²) in [5, 5.41) is 44.8. The van der Waals surface area contributed by atoms with Crippen LogP contribution in [0.15, 0.2) is 103 Å². The fourth-order valence-corrected chi connectivity index (χ4v) is 10.3. The second kappa shape index (κ2) is 19.6. The molecule has 2 aliphatic rings. The van der Waals surface area contributed by atoms with Crippen LogP contribution in [-0.2, 0) is 7.05 Å². The van der Waals surface area contributed by atoms with Crippen LogP contribution >= 0.6 is 21.6 Å². The number of hydrogen-bond acceptors (Lipinski definition) is 11. The van der Waals surface area contributed by atoms with Gasteiger partial charge < -0.3 is 35.9 Å². The highest BCUT2D eigenvalue weighted by Crippen LogP contribution is 2.42. The zero-order chi connectivity index (χ0) is 49.3. The number of aryl methyl sites for hydroxylation is 1. The van der Waals surface area contributed by atoms with Gasteiger partial charge in [0.1, 0.15) is 22.9 Å². The van der Waals surface area contributed by atoms with E-state index in [9.17, 15) is 20.1 Å². The van der Waals surface area contributed by atoms with Crippen LogP contribution in [0, 0.1) is 23.3 Å². The summed E-state index contributed by atoms with van der Waals surface area (Å²) >= 11 is 0. The molecule has 0 radical (unpaired) electrons. The van der Waals surface area contributed by atoms with E-state index >= 15 is 17.6 Å². The Kier molecular flexibility index (Phi) is 12.8. The van der Waals surface area contributed by atoms with Crippen LogP contribution in [0.1, 0.15) is 33.3 Å². The second-order valence-corrected chi connectivity index (χ2v) is 19.0. The Hall–Kier alpha value is -8.29. The molecule has 0 aliphatic carbocycles. The first-order chi connectivity index (χ1) is 34.4. The third-order valence-corrected chi connectivity index (χ3v) is 14.0. The predicted molar refractivity (Wildman–Crippen MR) is 272 cm³/mol. The van der Waals surface area contributed by atoms with Gasteiger partial charge in [-0.1, -0.05) is 63.2 Å². The van der Waals surface area contributed by atoms with Gasteiger partial charge in [0.15, 0.2) is 29.0 Å². The summed E-state index contributed by atoms with van der Waals surface area (Å²) < 4.78 is 67.7. The number of rotatable bonds is 13. The lowest BCUT2D eigenvalue weighted by atomic mass is 10.0. The number of hydrogen-bond donors (Lipinski definition) is 7. The van der Waals surface area contributed by atoms with Gasteiger partial charge in [-0.2, -0.15) is 0 Å². The Morgan fingerprint density at radius 1 is 0.577 bits per heavy atom. The summed E-state index contributed by atoms with van der Waals surface area (Å²) in [5.41, 5.74) is 3.71. The van der Waals surface area contributed by atoms with Gasteiger partial charge in [0.2, 0.25) is 0 Å². The molecule has 0 saturated carbocycles. The first-order valence-electron chi connectivity index (χ1n) is 22.0. The smallest absolute Gasteiger partial charge is 0.273 e. The van der Waals surface area contributed by atoms with E-state index in [1.165, 1.54) is 68.9 Å². The Morgan fingerprint density at radius 2 is 1.00 bits per heavy atom. The van der Waals surface area contributed by atoms with Crippen molar-refractivity contribution in [3.8, 4) is 61.8 Å². The largest absolute Gasteiger partial charge is 0.508 e. The third kappa shape index (κ3) is 9.31. The summed E-state index contributed by atoms with van der Waals surface area (Å²) in [4.78, 5) is 29.0. The number of nitrogens with one attached hydrogen (secondary N) is 4. The van der Waals surface area contributed by atoms with E-state index in [0.29, 0.717) is 73.6 Å². The molecule has 7 N–H and O–H groups in total. The van der Waals surface area contributed by atoms with E-state index in [2.05, 4.69) is 30.9 Å². The molecule has 0 unspecified atom stereocenters. The number of phenolic OH excluding ortho intramolecular Hbond substituents is 3. The van der Waals surface area contributed by atoms with Gasteiger partial charge in [0.25, 0.3) is 5.91 Å². The molecule has 8 aromatic rings. The summed E-state index contributed by atoms with van der Waals surface area (Å²) in [6.07, 6.45) is 8.15. The van der Waals surface area contributed by atoms with E-state index in [0.717, 1.165) is 0 Å². The average molecular weight is 994 g/mol. The number of anilines is 1. The van der Waals surface area contributed by atoms with E-state index < -0.39 is 34.5 Å². The molecule has 2 aliphatic heterocycles. The number of halogens is 4. The summed E-state index contributed by atoms with van der Waals surface area (Å²) in [6, 6.07) is 26.4. The van der Waals surface area contributed by atoms with Crippen LogP contribution in [0.25, 0.3) is 90.9 Å². The molecule has 1 amide bonds. The summed E-state index contributed by atoms with van der Waals surface area (Å²) in [5.74, 6) is -6.31. The highest BCUT2D eigenvalue weighted by molar-refractivity contribution is 8.76. The van der Waals surface area contributed by atoms with Crippen molar-refractivity contribution in [3.05, 3.63) is 155 Å². The fourth-order valence-electron chi connectivity index (χ4n) is 8.45. The molecule has 8 bridgehead atoms. The molecule has 13 nitrogen and oxygen atoms in total. The first kappa shape index (κ1) is 46.4. The Bertz CT molecular complexity index is 3590. The minimum atomic E-state index is -1.67. The van der Waals surface area contributed by atoms with Crippen molar-refractivity contribution in [2.75, 3.05) is 29.9 Å². The molecule has 4 aromatic carbocycles. The first-order valence-corrected chi connectivity index (χ1v) is 24.4. The van der Waals surface area contributed by atoms with E-state index in [4.69, 9.17) is 9.97 Å². The monoisotopic (exact) mass is 993 g/mol. The summed E-state index contributed by atoms with van der Waals surface area (Å²) in [7, 11) is 4.35. The van der Waals surface area contributed by atoms with Crippen LogP contribution in [-0.4, -0.2) is 80.8 Å². The third-order valence-electron chi connectivity index (χ3n) is 11.5. The zero-order valence-electron chi connectivity index (χ0n) is 37.3. The lowest BCUT2D eigenvalue weighted by molar-refractivity contribution is 0.0951. The number of carbonyl (C=O) groups excluding carboxylic acids is 1. The van der Waals surface area contributed by atoms with E-state index in [1.54, 1.807) is 79.9 Å². The molecule has 71 heavy (non-hydrogen) atoms. The highest BCUT2D eigenvalue weighted by atomic mass is 33.1. The number of aromatic nitrogens is 7. The molecule has 0 fully saturated rings. The SMILES string of the molecule is Cn1cc(C(=O)NCCSSCCNc2c(F)c(F)c(-c3c4nc(c(-c5cccc(O)c5)c5ccc([nH]5)c(-c5cccc(O)c5)c5nc(c(-c6cccc(O)c6)c6ccc3[nH]6)C=C5)C=C4)c(F)c2F)nn1. The molecular formula is C52H39F4N9O4S2. The van der Waals surface area contributed by atoms with Crippen LogP contribution in [0.4, 0.5) is 23.2 Å². The molecule has 0 atom stereocenters. The number of H-pyrrole nitrogens is 2. The number of aromatic hydroxyl groups is 3. The molecule has 6 heterocycles. The van der Waals surface area contributed by atoms with Gasteiger partial charge in [-0.15, -0.1) is 5.10 Å². The van der Waals surface area contributed by atoms with Crippen LogP contribution in [0.2, 0.25) is 0 Å². The number of aromatic amines is 2. The van der Waals surface area contributed by atoms with Crippen molar-refractivity contribution in [3.63, 3.8) is 0 Å². The van der Waals surface area contributed by atoms with Gasteiger partial charge in [0, 0.05) is 76.0 Å². The maximum Gasteiger partial charge on any atom is 0.273 e. The van der Waals surface area contributed by atoms with Crippen LogP contribution in [0.3, 0.4) is 0 Å². The van der Waals surface area contributed by atoms with Crippen molar-refractivity contribution in [2.45, 2.75) is 0 Å². The van der Waals surface area contributed by atoms with Crippen molar-refractivity contribution >= 4 is 79.6 Å². The summed E-state index contributed by atoms with van der Waals surface area (Å²) in [6.45, 7) is 0.249. The van der Waals surface area contributed by atoms with Gasteiger partial charge in [-0.05, 0) is 102 Å². The van der Waals surface area contributed by atoms with Gasteiger partial charge >= 0.3 is 0 Å². The lowest BCUT2D eigenvalue weighted by Gasteiger charge is -2.14. The van der Waals surface area contributed by atoms with Gasteiger partial charge in [-0.25, -0.2) is 27.5 Å². The molecule has 10 rings (SSSR count). The molecule has 19 heteroatoms. The van der Waals surface area contributed by atoms with Crippen molar-refractivity contribution in [1.82, 2.24) is 40.2 Å². The number of amides is 1. The average Bonchev–Trinajstić information content (AvgIpc) is 4.23. The van der Waals surface area contributed by atoms with E-state index in [1.807, 2.05) is 12.1 Å². The number of nitrogens with zero attached hydrogens (tertiary/aromatic N) is 5. The Morgan fingerprint density at radius 3 is 1.42 bits per heavy atom. The highest BCUT2D eigenvalue weighted by Gasteiger charge is 2.30. The zero-order valence-corrected chi connectivity index (χ0v) is 38.9. The molecule has 4 aromatic heterocycles.